The molecule has 1 aliphatic heterocycles. The van der Waals surface area contributed by atoms with Crippen LogP contribution in [0.5, 0.6) is 5.75 Å². The fourth-order valence-electron chi connectivity index (χ4n) is 2.47. The van der Waals surface area contributed by atoms with E-state index in [1.165, 1.54) is 18.7 Å². The molecule has 0 radical (unpaired) electrons. The number of nitrogens with one attached hydrogen (secondary N) is 1. The summed E-state index contributed by atoms with van der Waals surface area (Å²) in [4.78, 5) is 39.0. The number of hydrogen-bond acceptors (Lipinski definition) is 6. The number of ether oxygens (including phenoxy) is 1. The molecule has 8 heteroatoms. The minimum atomic E-state index is -0.926. The first-order valence-corrected chi connectivity index (χ1v) is 9.57. The standard InChI is InChI=1S/C21H18N2O5S/c1-13(24)15-5-7-16(8-6-15)22-21-23-20(27)18(29-21)12-14-3-2-4-17(11-14)28-10-9-19(25)26/h2-8,11-12H,9-10H2,1H3,(H,25,26)(H,22,23,27)/b18-12+. The summed E-state index contributed by atoms with van der Waals surface area (Å²) < 4.78 is 5.41. The second kappa shape index (κ2) is 9.20. The number of ketones is 1. The van der Waals surface area contributed by atoms with E-state index in [0.29, 0.717) is 27.1 Å². The van der Waals surface area contributed by atoms with Gasteiger partial charge in [-0.25, -0.2) is 4.99 Å². The monoisotopic (exact) mass is 410 g/mol. The van der Waals surface area contributed by atoms with Gasteiger partial charge in [-0.2, -0.15) is 0 Å². The Morgan fingerprint density at radius 3 is 2.66 bits per heavy atom. The van der Waals surface area contributed by atoms with Crippen LogP contribution in [0.1, 0.15) is 29.3 Å². The van der Waals surface area contributed by atoms with E-state index in [9.17, 15) is 14.4 Å². The molecule has 2 aromatic carbocycles. The molecule has 29 heavy (non-hydrogen) atoms. The highest BCUT2D eigenvalue weighted by atomic mass is 32.2. The van der Waals surface area contributed by atoms with Gasteiger partial charge in [-0.15, -0.1) is 0 Å². The molecule has 0 saturated carbocycles. The summed E-state index contributed by atoms with van der Waals surface area (Å²) in [5, 5.41) is 11.8. The lowest BCUT2D eigenvalue weighted by molar-refractivity contribution is -0.137. The molecule has 1 aliphatic rings. The van der Waals surface area contributed by atoms with Gasteiger partial charge in [0.05, 0.1) is 23.6 Å². The van der Waals surface area contributed by atoms with Crippen molar-refractivity contribution in [3.05, 3.63) is 64.6 Å². The van der Waals surface area contributed by atoms with Gasteiger partial charge in [-0.1, -0.05) is 12.1 Å². The number of Topliss-reactive ketones (excluding diaryl/α,β-unsaturated/α-hetero) is 1. The fraction of sp³-hybridized carbons (Fsp3) is 0.143. The summed E-state index contributed by atoms with van der Waals surface area (Å²) in [6, 6.07) is 13.9. The smallest absolute Gasteiger partial charge is 0.306 e. The SMILES string of the molecule is CC(=O)c1ccc(N=C2NC(=O)/C(=C\c3cccc(OCCC(=O)O)c3)S2)cc1. The Hall–Kier alpha value is -3.39. The highest BCUT2D eigenvalue weighted by Crippen LogP contribution is 2.29. The van der Waals surface area contributed by atoms with Crippen molar-refractivity contribution in [2.45, 2.75) is 13.3 Å². The number of hydrogen-bond donors (Lipinski definition) is 2. The summed E-state index contributed by atoms with van der Waals surface area (Å²) in [5.74, 6) is -0.674. The Balaban J connectivity index is 1.70. The second-order valence-corrected chi connectivity index (χ2v) is 7.18. The van der Waals surface area contributed by atoms with E-state index in [1.54, 1.807) is 48.5 Å². The molecule has 2 aromatic rings. The van der Waals surface area contributed by atoms with Crippen LogP contribution in [0.15, 0.2) is 58.4 Å². The van der Waals surface area contributed by atoms with Crippen LogP contribution in [0.3, 0.4) is 0 Å². The number of aliphatic imine (C=N–C) groups is 1. The van der Waals surface area contributed by atoms with Gasteiger partial charge >= 0.3 is 5.97 Å². The maximum absolute atomic E-state index is 12.2. The van der Waals surface area contributed by atoms with Gasteiger partial charge in [0, 0.05) is 5.56 Å². The van der Waals surface area contributed by atoms with Crippen molar-refractivity contribution in [1.29, 1.82) is 0 Å². The van der Waals surface area contributed by atoms with Gasteiger partial charge in [0.1, 0.15) is 5.75 Å². The first-order valence-electron chi connectivity index (χ1n) is 8.76. The number of carboxylic acids is 1. The molecule has 0 aromatic heterocycles. The van der Waals surface area contributed by atoms with Gasteiger partial charge in [-0.3, -0.25) is 14.4 Å². The normalized spacial score (nSPS) is 16.1. The largest absolute Gasteiger partial charge is 0.493 e. The van der Waals surface area contributed by atoms with Crippen LogP contribution in [0, 0.1) is 0 Å². The number of carbonyl (C=O) groups is 3. The Bertz CT molecular complexity index is 1010. The summed E-state index contributed by atoms with van der Waals surface area (Å²) in [7, 11) is 0. The van der Waals surface area contributed by atoms with Gasteiger partial charge in [-0.05, 0) is 66.7 Å². The molecule has 1 heterocycles. The van der Waals surface area contributed by atoms with E-state index in [-0.39, 0.29) is 24.7 Å². The van der Waals surface area contributed by atoms with Crippen LogP contribution in [-0.2, 0) is 9.59 Å². The van der Waals surface area contributed by atoms with Gasteiger partial charge in [0.15, 0.2) is 11.0 Å². The van der Waals surface area contributed by atoms with Gasteiger partial charge in [0.2, 0.25) is 0 Å². The third-order valence-electron chi connectivity index (χ3n) is 3.90. The lowest BCUT2D eigenvalue weighted by atomic mass is 10.1. The first kappa shape index (κ1) is 20.3. The molecular weight excluding hydrogens is 392 g/mol. The Labute approximate surface area is 171 Å². The number of rotatable bonds is 7. The van der Waals surface area contributed by atoms with Crippen LogP contribution in [-0.4, -0.2) is 34.5 Å². The number of amidine groups is 1. The number of benzene rings is 2. The zero-order valence-corrected chi connectivity index (χ0v) is 16.4. The molecule has 148 valence electrons. The molecule has 2 N–H and O–H groups in total. The highest BCUT2D eigenvalue weighted by molar-refractivity contribution is 8.18. The lowest BCUT2D eigenvalue weighted by Crippen LogP contribution is -2.19. The third kappa shape index (κ3) is 5.79. The van der Waals surface area contributed by atoms with Crippen LogP contribution >= 0.6 is 11.8 Å². The van der Waals surface area contributed by atoms with E-state index in [1.807, 2.05) is 6.07 Å². The lowest BCUT2D eigenvalue weighted by Gasteiger charge is -2.05. The van der Waals surface area contributed by atoms with Crippen molar-refractivity contribution in [2.75, 3.05) is 6.61 Å². The maximum atomic E-state index is 12.2. The molecule has 0 unspecified atom stereocenters. The van der Waals surface area contributed by atoms with Crippen molar-refractivity contribution < 1.29 is 24.2 Å². The molecule has 0 aliphatic carbocycles. The minimum absolute atomic E-state index is 0.0212. The Morgan fingerprint density at radius 1 is 1.21 bits per heavy atom. The second-order valence-electron chi connectivity index (χ2n) is 6.15. The number of nitrogens with zero attached hydrogens (tertiary/aromatic N) is 1. The fourth-order valence-corrected chi connectivity index (χ4v) is 3.31. The molecule has 1 amide bonds. The summed E-state index contributed by atoms with van der Waals surface area (Å²) in [6.45, 7) is 1.57. The zero-order chi connectivity index (χ0) is 20.8. The van der Waals surface area contributed by atoms with Crippen LogP contribution in [0.2, 0.25) is 0 Å². The van der Waals surface area contributed by atoms with Crippen molar-refractivity contribution in [1.82, 2.24) is 5.32 Å². The molecule has 1 saturated heterocycles. The van der Waals surface area contributed by atoms with Crippen LogP contribution < -0.4 is 10.1 Å². The number of amides is 1. The van der Waals surface area contributed by atoms with E-state index < -0.39 is 5.97 Å². The van der Waals surface area contributed by atoms with E-state index in [2.05, 4.69) is 10.3 Å². The quantitative estimate of drug-likeness (QED) is 0.533. The van der Waals surface area contributed by atoms with Crippen molar-refractivity contribution in [2.24, 2.45) is 4.99 Å². The van der Waals surface area contributed by atoms with Crippen molar-refractivity contribution >= 4 is 46.4 Å². The number of thioether (sulfide) groups is 1. The number of carbonyl (C=O) groups excluding carboxylic acids is 2. The van der Waals surface area contributed by atoms with E-state index in [0.717, 1.165) is 5.56 Å². The van der Waals surface area contributed by atoms with E-state index >= 15 is 0 Å². The topological polar surface area (TPSA) is 105 Å². The Kier molecular flexibility index (Phi) is 6.46. The summed E-state index contributed by atoms with van der Waals surface area (Å²) >= 11 is 1.21. The first-order chi connectivity index (χ1) is 13.9. The average Bonchev–Trinajstić information content (AvgIpc) is 3.01. The number of carboxylic acid groups (broad SMARTS) is 1. The van der Waals surface area contributed by atoms with Crippen LogP contribution in [0.25, 0.3) is 6.08 Å². The minimum Gasteiger partial charge on any atom is -0.493 e. The van der Waals surface area contributed by atoms with Gasteiger partial charge < -0.3 is 15.2 Å². The predicted molar refractivity (Wildman–Crippen MR) is 111 cm³/mol. The summed E-state index contributed by atoms with van der Waals surface area (Å²) in [6.07, 6.45) is 1.63. The molecule has 0 bridgehead atoms. The maximum Gasteiger partial charge on any atom is 0.306 e. The highest BCUT2D eigenvalue weighted by Gasteiger charge is 2.23. The molecule has 7 nitrogen and oxygen atoms in total. The third-order valence-corrected chi connectivity index (χ3v) is 4.81. The molecule has 1 fully saturated rings. The van der Waals surface area contributed by atoms with Crippen molar-refractivity contribution in [3.8, 4) is 5.75 Å². The van der Waals surface area contributed by atoms with Gasteiger partial charge in [0.25, 0.3) is 5.91 Å². The number of aliphatic carboxylic acids is 1. The Morgan fingerprint density at radius 2 is 1.97 bits per heavy atom. The predicted octanol–water partition coefficient (Wildman–Crippen LogP) is 3.63. The average molecular weight is 410 g/mol. The summed E-state index contributed by atoms with van der Waals surface area (Å²) in [5.41, 5.74) is 1.98. The molecular formula is C21H18N2O5S. The van der Waals surface area contributed by atoms with Crippen LogP contribution in [0.4, 0.5) is 5.69 Å². The molecule has 0 atom stereocenters. The molecule has 3 rings (SSSR count). The zero-order valence-electron chi connectivity index (χ0n) is 15.5. The molecule has 0 spiro atoms. The van der Waals surface area contributed by atoms with E-state index in [4.69, 9.17) is 9.84 Å². The van der Waals surface area contributed by atoms with Crippen molar-refractivity contribution in [3.63, 3.8) is 0 Å².